The molecule has 0 saturated heterocycles. The van der Waals surface area contributed by atoms with Crippen molar-refractivity contribution in [3.8, 4) is 0 Å². The number of nitrogens with one attached hydrogen (secondary N) is 1. The first-order valence-electron chi connectivity index (χ1n) is 10.2. The summed E-state index contributed by atoms with van der Waals surface area (Å²) < 4.78 is 16.5. The maximum Gasteiger partial charge on any atom is 0.332 e. The molecule has 0 heterocycles. The van der Waals surface area contributed by atoms with E-state index in [1.807, 2.05) is 13.8 Å². The molecule has 1 rings (SSSR count). The number of amides is 1. The first-order valence-corrected chi connectivity index (χ1v) is 11.3. The van der Waals surface area contributed by atoms with Crippen molar-refractivity contribution in [1.29, 1.82) is 0 Å². The van der Waals surface area contributed by atoms with E-state index in [-0.39, 0.29) is 11.8 Å². The van der Waals surface area contributed by atoms with E-state index in [1.54, 1.807) is 0 Å². The van der Waals surface area contributed by atoms with Gasteiger partial charge in [0.25, 0.3) is 0 Å². The number of carbonyl (C=O) groups excluding carboxylic acids is 1. The van der Waals surface area contributed by atoms with Gasteiger partial charge in [-0.15, -0.1) is 0 Å². The minimum Gasteiger partial charge on any atom is -0.352 e. The Labute approximate surface area is 166 Å². The van der Waals surface area contributed by atoms with Crippen LogP contribution in [0.3, 0.4) is 0 Å². The second-order valence-electron chi connectivity index (χ2n) is 6.45. The molecule has 0 radical (unpaired) electrons. The normalized spacial score (nSPS) is 11.3. The Balaban J connectivity index is 2.39. The van der Waals surface area contributed by atoms with E-state index in [0.29, 0.717) is 26.4 Å². The first kappa shape index (κ1) is 24.0. The van der Waals surface area contributed by atoms with E-state index >= 15 is 0 Å². The Hall–Kier alpha value is -1.00. The minimum atomic E-state index is -1.24. The van der Waals surface area contributed by atoms with E-state index < -0.39 is 8.60 Å². The maximum atomic E-state index is 12.3. The molecule has 5 nitrogen and oxygen atoms in total. The van der Waals surface area contributed by atoms with Gasteiger partial charge in [-0.3, -0.25) is 4.79 Å². The lowest BCUT2D eigenvalue weighted by atomic mass is 9.97. The van der Waals surface area contributed by atoms with Crippen molar-refractivity contribution in [2.75, 3.05) is 19.8 Å². The second-order valence-corrected chi connectivity index (χ2v) is 7.67. The Bertz CT molecular complexity index is 497. The van der Waals surface area contributed by atoms with Crippen molar-refractivity contribution < 1.29 is 18.4 Å². The highest BCUT2D eigenvalue weighted by atomic mass is 31.2. The zero-order valence-electron chi connectivity index (χ0n) is 17.3. The van der Waals surface area contributed by atoms with Gasteiger partial charge in [0.05, 0.1) is 19.8 Å². The molecule has 0 atom stereocenters. The average Bonchev–Trinajstić information content (AvgIpc) is 2.67. The molecule has 0 aromatic heterocycles. The summed E-state index contributed by atoms with van der Waals surface area (Å²) in [4.78, 5) is 12.3. The molecule has 1 amide bonds. The molecular weight excluding hydrogens is 361 g/mol. The lowest BCUT2D eigenvalue weighted by Gasteiger charge is -2.16. The van der Waals surface area contributed by atoms with Crippen LogP contribution >= 0.6 is 8.60 Å². The molecule has 0 saturated carbocycles. The summed E-state index contributed by atoms with van der Waals surface area (Å²) in [6.45, 7) is 10.4. The molecule has 1 aromatic rings. The third-order valence-corrected chi connectivity index (χ3v) is 5.52. The molecule has 0 aliphatic rings. The van der Waals surface area contributed by atoms with E-state index in [1.165, 1.54) is 5.56 Å². The van der Waals surface area contributed by atoms with Crippen molar-refractivity contribution in [2.45, 2.75) is 66.3 Å². The molecule has 0 bridgehead atoms. The molecule has 6 heteroatoms. The molecule has 0 aliphatic carbocycles. The zero-order valence-corrected chi connectivity index (χ0v) is 18.2. The van der Waals surface area contributed by atoms with Crippen molar-refractivity contribution in [2.24, 2.45) is 5.92 Å². The van der Waals surface area contributed by atoms with E-state index in [4.69, 9.17) is 13.6 Å². The standard InChI is InChI=1S/C21H36NO4P/c1-5-9-20(10-6-2)21(23)22-17-19-13-11-18(12-14-19)15-16-26-27(24-7-3)25-8-4/h11-14,20H,5-10,15-17H2,1-4H3,(H,22,23). The lowest BCUT2D eigenvalue weighted by Crippen LogP contribution is -2.30. The zero-order chi connectivity index (χ0) is 19.9. The molecule has 0 spiro atoms. The predicted molar refractivity (Wildman–Crippen MR) is 111 cm³/mol. The van der Waals surface area contributed by atoms with Gasteiger partial charge in [0.1, 0.15) is 0 Å². The van der Waals surface area contributed by atoms with Crippen LogP contribution in [0.4, 0.5) is 0 Å². The van der Waals surface area contributed by atoms with Crippen LogP contribution in [0.15, 0.2) is 24.3 Å². The lowest BCUT2D eigenvalue weighted by molar-refractivity contribution is -0.125. The summed E-state index contributed by atoms with van der Waals surface area (Å²) in [5.74, 6) is 0.318. The minimum absolute atomic E-state index is 0.141. The van der Waals surface area contributed by atoms with Crippen molar-refractivity contribution in [1.82, 2.24) is 5.32 Å². The Morgan fingerprint density at radius 3 is 2.00 bits per heavy atom. The summed E-state index contributed by atoms with van der Waals surface area (Å²) in [7, 11) is -1.24. The smallest absolute Gasteiger partial charge is 0.332 e. The molecule has 0 fully saturated rings. The number of benzene rings is 1. The van der Waals surface area contributed by atoms with Crippen LogP contribution in [0.1, 0.15) is 64.5 Å². The van der Waals surface area contributed by atoms with E-state index in [0.717, 1.165) is 37.7 Å². The van der Waals surface area contributed by atoms with Gasteiger partial charge in [-0.25, -0.2) is 0 Å². The van der Waals surface area contributed by atoms with Gasteiger partial charge in [0.15, 0.2) is 0 Å². The summed E-state index contributed by atoms with van der Waals surface area (Å²) in [5, 5.41) is 3.08. The fourth-order valence-electron chi connectivity index (χ4n) is 2.82. The third-order valence-electron chi connectivity index (χ3n) is 4.19. The molecule has 154 valence electrons. The molecule has 1 aromatic carbocycles. The topological polar surface area (TPSA) is 56.8 Å². The average molecular weight is 397 g/mol. The summed E-state index contributed by atoms with van der Waals surface area (Å²) >= 11 is 0. The van der Waals surface area contributed by atoms with Gasteiger partial charge in [-0.05, 0) is 44.2 Å². The molecule has 1 N–H and O–H groups in total. The van der Waals surface area contributed by atoms with Gasteiger partial charge in [0.2, 0.25) is 5.91 Å². The fraction of sp³-hybridized carbons (Fsp3) is 0.667. The van der Waals surface area contributed by atoms with Crippen LogP contribution in [0, 0.1) is 5.92 Å². The largest absolute Gasteiger partial charge is 0.352 e. The first-order chi connectivity index (χ1) is 13.1. The van der Waals surface area contributed by atoms with Gasteiger partial charge >= 0.3 is 8.60 Å². The van der Waals surface area contributed by atoms with Crippen LogP contribution in [0.25, 0.3) is 0 Å². The van der Waals surface area contributed by atoms with E-state index in [2.05, 4.69) is 43.4 Å². The highest BCUT2D eigenvalue weighted by molar-refractivity contribution is 7.41. The second kappa shape index (κ2) is 15.0. The fourth-order valence-corrected chi connectivity index (χ4v) is 3.71. The molecule has 27 heavy (non-hydrogen) atoms. The highest BCUT2D eigenvalue weighted by Gasteiger charge is 2.16. The van der Waals surface area contributed by atoms with Crippen LogP contribution in [-0.2, 0) is 31.3 Å². The van der Waals surface area contributed by atoms with Crippen LogP contribution < -0.4 is 5.32 Å². The molecule has 0 aliphatic heterocycles. The van der Waals surface area contributed by atoms with Crippen molar-refractivity contribution in [3.63, 3.8) is 0 Å². The number of hydrogen-bond acceptors (Lipinski definition) is 4. The van der Waals surface area contributed by atoms with Crippen molar-refractivity contribution >= 4 is 14.5 Å². The van der Waals surface area contributed by atoms with Crippen LogP contribution in [0.2, 0.25) is 0 Å². The van der Waals surface area contributed by atoms with Crippen LogP contribution in [-0.4, -0.2) is 25.7 Å². The Kier molecular flexibility index (Phi) is 13.3. The summed E-state index contributed by atoms with van der Waals surface area (Å²) in [5.41, 5.74) is 2.31. The summed E-state index contributed by atoms with van der Waals surface area (Å²) in [6.07, 6.45) is 4.82. The quantitative estimate of drug-likeness (QED) is 0.404. The van der Waals surface area contributed by atoms with Gasteiger partial charge < -0.3 is 18.9 Å². The molecular formula is C21H36NO4P. The predicted octanol–water partition coefficient (Wildman–Crippen LogP) is 5.38. The summed E-state index contributed by atoms with van der Waals surface area (Å²) in [6, 6.07) is 8.31. The Morgan fingerprint density at radius 1 is 0.926 bits per heavy atom. The molecule has 0 unspecified atom stereocenters. The SMILES string of the molecule is CCCC(CCC)C(=O)NCc1ccc(CCOP(OCC)OCC)cc1. The number of hydrogen-bond donors (Lipinski definition) is 1. The van der Waals surface area contributed by atoms with Gasteiger partial charge in [0, 0.05) is 12.5 Å². The third kappa shape index (κ3) is 10.2. The highest BCUT2D eigenvalue weighted by Crippen LogP contribution is 2.39. The van der Waals surface area contributed by atoms with Gasteiger partial charge in [-0.2, -0.15) is 0 Å². The maximum absolute atomic E-state index is 12.3. The number of rotatable bonds is 15. The Morgan fingerprint density at radius 2 is 1.48 bits per heavy atom. The van der Waals surface area contributed by atoms with Gasteiger partial charge in [-0.1, -0.05) is 51.0 Å². The monoisotopic (exact) mass is 397 g/mol. The van der Waals surface area contributed by atoms with Crippen molar-refractivity contribution in [3.05, 3.63) is 35.4 Å². The van der Waals surface area contributed by atoms with Crippen LogP contribution in [0.5, 0.6) is 0 Å². The van der Waals surface area contributed by atoms with E-state index in [9.17, 15) is 4.79 Å². The number of carbonyl (C=O) groups is 1.